The molecule has 3 atom stereocenters. The zero-order chi connectivity index (χ0) is 7.68. The molecule has 1 saturated heterocycles. The minimum Gasteiger partial charge on any atom is -0.373 e. The maximum atomic E-state index is 5.88. The normalized spacial score (nSPS) is 45.0. The Morgan fingerprint density at radius 3 is 2.73 bits per heavy atom. The molecule has 3 heteroatoms. The van der Waals surface area contributed by atoms with Crippen LogP contribution in [0.1, 0.15) is 19.3 Å². The van der Waals surface area contributed by atoms with E-state index in [9.17, 15) is 0 Å². The third kappa shape index (κ3) is 1.41. The summed E-state index contributed by atoms with van der Waals surface area (Å²) in [5.74, 6) is 0. The van der Waals surface area contributed by atoms with Crippen LogP contribution in [0.5, 0.6) is 0 Å². The Kier molecular flexibility index (Phi) is 2.11. The number of hydrogen-bond acceptors (Lipinski definition) is 3. The Bertz CT molecular complexity index is 138. The van der Waals surface area contributed by atoms with Crippen LogP contribution in [0.2, 0.25) is 0 Å². The van der Waals surface area contributed by atoms with Crippen molar-refractivity contribution >= 4 is 0 Å². The molecule has 0 bridgehead atoms. The molecule has 0 amide bonds. The van der Waals surface area contributed by atoms with Crippen molar-refractivity contribution in [3.05, 3.63) is 0 Å². The van der Waals surface area contributed by atoms with E-state index in [-0.39, 0.29) is 18.2 Å². The standard InChI is InChI=1S/C8H15NO2/c9-6-2-1-3-7-8(6)11-5-4-10-7/h6-8H,1-5,9H2. The highest BCUT2D eigenvalue weighted by atomic mass is 16.6. The minimum atomic E-state index is 0.178. The van der Waals surface area contributed by atoms with E-state index in [0.29, 0.717) is 0 Å². The first-order valence-corrected chi connectivity index (χ1v) is 4.37. The van der Waals surface area contributed by atoms with Gasteiger partial charge in [0.05, 0.1) is 25.4 Å². The third-order valence-corrected chi connectivity index (χ3v) is 2.54. The zero-order valence-electron chi connectivity index (χ0n) is 6.66. The number of rotatable bonds is 0. The Hall–Kier alpha value is -0.120. The van der Waals surface area contributed by atoms with Crippen LogP contribution in [0, 0.1) is 0 Å². The van der Waals surface area contributed by atoms with Gasteiger partial charge in [0, 0.05) is 6.04 Å². The molecule has 1 saturated carbocycles. The first kappa shape index (κ1) is 7.53. The van der Waals surface area contributed by atoms with Gasteiger partial charge in [-0.25, -0.2) is 0 Å². The van der Waals surface area contributed by atoms with E-state index >= 15 is 0 Å². The molecule has 2 rings (SSSR count). The van der Waals surface area contributed by atoms with Crippen molar-refractivity contribution in [1.29, 1.82) is 0 Å². The van der Waals surface area contributed by atoms with Crippen LogP contribution in [0.3, 0.4) is 0 Å². The van der Waals surface area contributed by atoms with Crippen molar-refractivity contribution in [3.8, 4) is 0 Å². The summed E-state index contributed by atoms with van der Waals surface area (Å²) in [4.78, 5) is 0. The van der Waals surface area contributed by atoms with Crippen molar-refractivity contribution in [2.45, 2.75) is 37.5 Å². The fourth-order valence-electron chi connectivity index (χ4n) is 1.95. The SMILES string of the molecule is NC1CCCC2OCCOC12. The molecule has 0 radical (unpaired) electrons. The van der Waals surface area contributed by atoms with Gasteiger partial charge in [-0.15, -0.1) is 0 Å². The molecule has 2 N–H and O–H groups in total. The van der Waals surface area contributed by atoms with E-state index in [0.717, 1.165) is 26.1 Å². The predicted molar refractivity (Wildman–Crippen MR) is 41.3 cm³/mol. The molecule has 2 aliphatic rings. The summed E-state index contributed by atoms with van der Waals surface area (Å²) in [6.45, 7) is 1.46. The average molecular weight is 157 g/mol. The van der Waals surface area contributed by atoms with Gasteiger partial charge in [-0.2, -0.15) is 0 Å². The van der Waals surface area contributed by atoms with Crippen LogP contribution >= 0.6 is 0 Å². The fraction of sp³-hybridized carbons (Fsp3) is 1.00. The topological polar surface area (TPSA) is 44.5 Å². The summed E-state index contributed by atoms with van der Waals surface area (Å²) in [5.41, 5.74) is 5.88. The summed E-state index contributed by atoms with van der Waals surface area (Å²) >= 11 is 0. The van der Waals surface area contributed by atoms with Crippen molar-refractivity contribution in [2.75, 3.05) is 13.2 Å². The van der Waals surface area contributed by atoms with Crippen LogP contribution in [-0.2, 0) is 9.47 Å². The molecule has 0 aromatic rings. The first-order valence-electron chi connectivity index (χ1n) is 4.37. The van der Waals surface area contributed by atoms with Gasteiger partial charge >= 0.3 is 0 Å². The molecular weight excluding hydrogens is 142 g/mol. The van der Waals surface area contributed by atoms with Crippen molar-refractivity contribution < 1.29 is 9.47 Å². The lowest BCUT2D eigenvalue weighted by Gasteiger charge is -2.39. The molecule has 3 nitrogen and oxygen atoms in total. The molecule has 64 valence electrons. The lowest BCUT2D eigenvalue weighted by Crippen LogP contribution is -2.52. The van der Waals surface area contributed by atoms with E-state index in [1.165, 1.54) is 6.42 Å². The van der Waals surface area contributed by atoms with Crippen LogP contribution in [-0.4, -0.2) is 31.5 Å². The molecule has 1 aliphatic heterocycles. The van der Waals surface area contributed by atoms with E-state index in [1.54, 1.807) is 0 Å². The second-order valence-electron chi connectivity index (χ2n) is 3.34. The molecular formula is C8H15NO2. The summed E-state index contributed by atoms with van der Waals surface area (Å²) in [5, 5.41) is 0. The molecule has 3 unspecified atom stereocenters. The van der Waals surface area contributed by atoms with Gasteiger partial charge in [0.1, 0.15) is 0 Å². The molecule has 0 aromatic carbocycles. The van der Waals surface area contributed by atoms with Crippen molar-refractivity contribution in [3.63, 3.8) is 0 Å². The predicted octanol–water partition coefficient (Wildman–Crippen LogP) is 0.282. The Morgan fingerprint density at radius 2 is 1.91 bits per heavy atom. The number of nitrogens with two attached hydrogens (primary N) is 1. The Morgan fingerprint density at radius 1 is 1.09 bits per heavy atom. The van der Waals surface area contributed by atoms with Gasteiger partial charge in [-0.3, -0.25) is 0 Å². The monoisotopic (exact) mass is 157 g/mol. The van der Waals surface area contributed by atoms with Crippen LogP contribution < -0.4 is 5.73 Å². The smallest absolute Gasteiger partial charge is 0.0988 e. The van der Waals surface area contributed by atoms with Crippen LogP contribution in [0.4, 0.5) is 0 Å². The number of ether oxygens (including phenoxy) is 2. The van der Waals surface area contributed by atoms with Crippen molar-refractivity contribution in [2.24, 2.45) is 5.73 Å². The highest BCUT2D eigenvalue weighted by molar-refractivity contribution is 4.88. The van der Waals surface area contributed by atoms with E-state index in [4.69, 9.17) is 15.2 Å². The quantitative estimate of drug-likeness (QED) is 0.549. The third-order valence-electron chi connectivity index (χ3n) is 2.54. The molecule has 1 aliphatic carbocycles. The average Bonchev–Trinajstić information content (AvgIpc) is 2.06. The van der Waals surface area contributed by atoms with Gasteiger partial charge in [0.2, 0.25) is 0 Å². The van der Waals surface area contributed by atoms with Crippen LogP contribution in [0.15, 0.2) is 0 Å². The fourth-order valence-corrected chi connectivity index (χ4v) is 1.95. The van der Waals surface area contributed by atoms with Crippen LogP contribution in [0.25, 0.3) is 0 Å². The first-order chi connectivity index (χ1) is 5.38. The zero-order valence-corrected chi connectivity index (χ0v) is 6.66. The van der Waals surface area contributed by atoms with Gasteiger partial charge < -0.3 is 15.2 Å². The largest absolute Gasteiger partial charge is 0.373 e. The Balaban J connectivity index is 1.99. The lowest BCUT2D eigenvalue weighted by molar-refractivity contribution is -0.160. The maximum absolute atomic E-state index is 5.88. The maximum Gasteiger partial charge on any atom is 0.0988 e. The van der Waals surface area contributed by atoms with Gasteiger partial charge in [-0.05, 0) is 19.3 Å². The Labute approximate surface area is 66.8 Å². The molecule has 0 spiro atoms. The summed E-state index contributed by atoms with van der Waals surface area (Å²) in [6.07, 6.45) is 3.86. The highest BCUT2D eigenvalue weighted by Crippen LogP contribution is 2.25. The lowest BCUT2D eigenvalue weighted by atomic mass is 9.90. The van der Waals surface area contributed by atoms with Crippen molar-refractivity contribution in [1.82, 2.24) is 0 Å². The van der Waals surface area contributed by atoms with Gasteiger partial charge in [-0.1, -0.05) is 0 Å². The van der Waals surface area contributed by atoms with E-state index in [2.05, 4.69) is 0 Å². The summed E-state index contributed by atoms with van der Waals surface area (Å²) in [7, 11) is 0. The number of fused-ring (bicyclic) bond motifs is 1. The molecule has 0 aromatic heterocycles. The second kappa shape index (κ2) is 3.09. The van der Waals surface area contributed by atoms with E-state index in [1.807, 2.05) is 0 Å². The van der Waals surface area contributed by atoms with Gasteiger partial charge in [0.15, 0.2) is 0 Å². The van der Waals surface area contributed by atoms with Gasteiger partial charge in [0.25, 0.3) is 0 Å². The summed E-state index contributed by atoms with van der Waals surface area (Å²) in [6, 6.07) is 0.203. The molecule has 11 heavy (non-hydrogen) atoms. The number of hydrogen-bond donors (Lipinski definition) is 1. The summed E-state index contributed by atoms with van der Waals surface area (Å²) < 4.78 is 11.1. The second-order valence-corrected chi connectivity index (χ2v) is 3.34. The molecule has 1 heterocycles. The van der Waals surface area contributed by atoms with E-state index < -0.39 is 0 Å². The molecule has 2 fully saturated rings. The minimum absolute atomic E-state index is 0.178. The highest BCUT2D eigenvalue weighted by Gasteiger charge is 2.34.